The van der Waals surface area contributed by atoms with E-state index in [1.807, 2.05) is 12.3 Å². The lowest BCUT2D eigenvalue weighted by atomic mass is 9.57. The number of hydrogen-bond acceptors (Lipinski definition) is 6. The molecule has 0 radical (unpaired) electrons. The van der Waals surface area contributed by atoms with Gasteiger partial charge in [0, 0.05) is 37.1 Å². The second-order valence-electron chi connectivity index (χ2n) is 7.01. The van der Waals surface area contributed by atoms with Crippen LogP contribution in [0.2, 0.25) is 0 Å². The molecule has 2 heterocycles. The summed E-state index contributed by atoms with van der Waals surface area (Å²) in [6.07, 6.45) is 6.06. The van der Waals surface area contributed by atoms with Crippen molar-refractivity contribution >= 4 is 0 Å². The molecule has 2 N–H and O–H groups in total. The molecule has 1 aromatic rings. The number of nitrogens with zero attached hydrogens (tertiary/aromatic N) is 5. The number of fused-ring (bicyclic) bond motifs is 1. The van der Waals surface area contributed by atoms with E-state index < -0.39 is 11.3 Å². The van der Waals surface area contributed by atoms with Crippen LogP contribution in [-0.4, -0.2) is 22.5 Å². The van der Waals surface area contributed by atoms with Crippen LogP contribution < -0.4 is 5.73 Å². The maximum Gasteiger partial charge on any atom is 0.191 e. The van der Waals surface area contributed by atoms with Crippen LogP contribution in [0.15, 0.2) is 47.6 Å². The second-order valence-corrected chi connectivity index (χ2v) is 7.01. The highest BCUT2D eigenvalue weighted by Gasteiger charge is 2.54. The van der Waals surface area contributed by atoms with Crippen molar-refractivity contribution in [1.82, 2.24) is 9.88 Å². The van der Waals surface area contributed by atoms with Crippen LogP contribution in [0.1, 0.15) is 31.7 Å². The number of hydrogen-bond donors (Lipinski definition) is 1. The van der Waals surface area contributed by atoms with Crippen LogP contribution in [0, 0.1) is 45.3 Å². The number of nitrogens with two attached hydrogens (primary N) is 1. The quantitative estimate of drug-likeness (QED) is 0.882. The van der Waals surface area contributed by atoms with Crippen LogP contribution >= 0.6 is 0 Å². The minimum absolute atomic E-state index is 0.0481. The Bertz CT molecular complexity index is 877. The summed E-state index contributed by atoms with van der Waals surface area (Å²) < 4.78 is 0. The minimum Gasteiger partial charge on any atom is -0.399 e. The third-order valence-corrected chi connectivity index (χ3v) is 5.43. The summed E-state index contributed by atoms with van der Waals surface area (Å²) in [7, 11) is 0. The molecular weight excluding hydrogens is 324 g/mol. The highest BCUT2D eigenvalue weighted by atomic mass is 15.1. The van der Waals surface area contributed by atoms with E-state index in [2.05, 4.69) is 41.9 Å². The summed E-state index contributed by atoms with van der Waals surface area (Å²) in [6, 6.07) is 10.4. The van der Waals surface area contributed by atoms with Gasteiger partial charge in [-0.3, -0.25) is 4.98 Å². The molecule has 0 saturated heterocycles. The third kappa shape index (κ3) is 2.41. The predicted octanol–water partition coefficient (Wildman–Crippen LogP) is 2.56. The van der Waals surface area contributed by atoms with E-state index in [0.717, 1.165) is 24.1 Å². The first-order valence-electron chi connectivity index (χ1n) is 8.60. The Kier molecular flexibility index (Phi) is 4.41. The molecule has 0 unspecified atom stereocenters. The standard InChI is InChI=1S/C20H20N6/c1-13(2)26-7-5-15-17(10-26)16(8-21)19(24)20(11-22,12-23)18(15)14-4-3-6-25-9-14/h3-4,6,9-10,13,15,18H,5,7,24H2,1-2H3/t15-,18+/m1/s1. The Morgan fingerprint density at radius 1 is 1.31 bits per heavy atom. The summed E-state index contributed by atoms with van der Waals surface area (Å²) >= 11 is 0. The van der Waals surface area contributed by atoms with Crippen LogP contribution in [-0.2, 0) is 0 Å². The number of rotatable bonds is 2. The molecule has 0 spiro atoms. The topological polar surface area (TPSA) is 114 Å². The Morgan fingerprint density at radius 2 is 2.04 bits per heavy atom. The average molecular weight is 344 g/mol. The fraction of sp³-hybridized carbons (Fsp3) is 0.400. The number of pyridine rings is 1. The maximum absolute atomic E-state index is 9.94. The van der Waals surface area contributed by atoms with E-state index >= 15 is 0 Å². The first-order valence-corrected chi connectivity index (χ1v) is 8.60. The molecule has 3 rings (SSSR count). The van der Waals surface area contributed by atoms with E-state index in [1.165, 1.54) is 0 Å². The van der Waals surface area contributed by atoms with E-state index in [0.29, 0.717) is 6.04 Å². The van der Waals surface area contributed by atoms with Crippen molar-refractivity contribution in [3.63, 3.8) is 0 Å². The molecule has 0 aromatic carbocycles. The first-order chi connectivity index (χ1) is 12.5. The fourth-order valence-corrected chi connectivity index (χ4v) is 4.06. The lowest BCUT2D eigenvalue weighted by molar-refractivity contribution is 0.228. The van der Waals surface area contributed by atoms with Crippen LogP contribution in [0.25, 0.3) is 0 Å². The van der Waals surface area contributed by atoms with Gasteiger partial charge < -0.3 is 10.6 Å². The summed E-state index contributed by atoms with van der Waals surface area (Å²) in [6.45, 7) is 4.98. The number of nitriles is 3. The molecule has 0 saturated carbocycles. The molecule has 2 aliphatic rings. The number of aromatic nitrogens is 1. The average Bonchev–Trinajstić information content (AvgIpc) is 2.67. The van der Waals surface area contributed by atoms with Crippen LogP contribution in [0.3, 0.4) is 0 Å². The Hall–Kier alpha value is -3.30. The minimum atomic E-state index is -1.57. The van der Waals surface area contributed by atoms with Gasteiger partial charge in [-0.2, -0.15) is 15.8 Å². The van der Waals surface area contributed by atoms with E-state index in [-0.39, 0.29) is 17.2 Å². The second kappa shape index (κ2) is 6.54. The molecule has 0 bridgehead atoms. The van der Waals surface area contributed by atoms with E-state index in [4.69, 9.17) is 5.73 Å². The first kappa shape index (κ1) is 17.5. The van der Waals surface area contributed by atoms with Gasteiger partial charge in [-0.25, -0.2) is 0 Å². The number of allylic oxidation sites excluding steroid dienone is 3. The summed E-state index contributed by atoms with van der Waals surface area (Å²) in [5.74, 6) is -0.584. The molecular formula is C20H20N6. The highest BCUT2D eigenvalue weighted by Crippen LogP contribution is 2.55. The van der Waals surface area contributed by atoms with Gasteiger partial charge in [-0.1, -0.05) is 6.07 Å². The van der Waals surface area contributed by atoms with Crippen molar-refractivity contribution in [3.8, 4) is 18.2 Å². The van der Waals surface area contributed by atoms with Gasteiger partial charge in [0.05, 0.1) is 23.4 Å². The lowest BCUT2D eigenvalue weighted by Gasteiger charge is -2.45. The van der Waals surface area contributed by atoms with Gasteiger partial charge in [-0.15, -0.1) is 0 Å². The normalized spacial score (nSPS) is 24.2. The van der Waals surface area contributed by atoms with E-state index in [9.17, 15) is 15.8 Å². The zero-order valence-corrected chi connectivity index (χ0v) is 14.8. The Labute approximate surface area is 153 Å². The van der Waals surface area contributed by atoms with Crippen LogP contribution in [0.5, 0.6) is 0 Å². The molecule has 2 atom stereocenters. The van der Waals surface area contributed by atoms with Crippen molar-refractivity contribution < 1.29 is 0 Å². The van der Waals surface area contributed by atoms with Gasteiger partial charge in [-0.05, 0) is 43.4 Å². The lowest BCUT2D eigenvalue weighted by Crippen LogP contribution is -2.45. The third-order valence-electron chi connectivity index (χ3n) is 5.43. The maximum atomic E-state index is 9.94. The molecule has 1 aliphatic carbocycles. The van der Waals surface area contributed by atoms with Crippen LogP contribution in [0.4, 0.5) is 0 Å². The molecule has 130 valence electrons. The Morgan fingerprint density at radius 3 is 2.58 bits per heavy atom. The van der Waals surface area contributed by atoms with Gasteiger partial charge in [0.1, 0.15) is 6.07 Å². The summed E-state index contributed by atoms with van der Waals surface area (Å²) in [5.41, 5.74) is 6.64. The molecule has 26 heavy (non-hydrogen) atoms. The highest BCUT2D eigenvalue weighted by molar-refractivity contribution is 5.58. The van der Waals surface area contributed by atoms with Gasteiger partial charge in [0.15, 0.2) is 5.41 Å². The van der Waals surface area contributed by atoms with Crippen molar-refractivity contribution in [2.45, 2.75) is 32.2 Å². The van der Waals surface area contributed by atoms with E-state index in [1.54, 1.807) is 18.5 Å². The van der Waals surface area contributed by atoms with Gasteiger partial charge >= 0.3 is 0 Å². The van der Waals surface area contributed by atoms with Crippen molar-refractivity contribution in [2.75, 3.05) is 6.54 Å². The van der Waals surface area contributed by atoms with Gasteiger partial charge in [0.25, 0.3) is 0 Å². The van der Waals surface area contributed by atoms with Crippen molar-refractivity contribution in [2.24, 2.45) is 17.1 Å². The molecule has 1 aliphatic heterocycles. The van der Waals surface area contributed by atoms with Crippen molar-refractivity contribution in [3.05, 3.63) is 53.1 Å². The predicted molar refractivity (Wildman–Crippen MR) is 95.5 cm³/mol. The molecule has 6 nitrogen and oxygen atoms in total. The molecule has 6 heteroatoms. The summed E-state index contributed by atoms with van der Waals surface area (Å²) in [5, 5.41) is 29.6. The fourth-order valence-electron chi connectivity index (χ4n) is 4.06. The Balaban J connectivity index is 2.30. The molecule has 1 aromatic heterocycles. The van der Waals surface area contributed by atoms with Crippen molar-refractivity contribution in [1.29, 1.82) is 15.8 Å². The molecule has 0 amide bonds. The largest absolute Gasteiger partial charge is 0.399 e. The summed E-state index contributed by atoms with van der Waals surface area (Å²) in [4.78, 5) is 6.34. The smallest absolute Gasteiger partial charge is 0.191 e. The zero-order valence-electron chi connectivity index (χ0n) is 14.8. The monoisotopic (exact) mass is 344 g/mol. The zero-order chi connectivity index (χ0) is 18.9. The van der Waals surface area contributed by atoms with Gasteiger partial charge in [0.2, 0.25) is 0 Å². The molecule has 0 fully saturated rings. The SMILES string of the molecule is CC(C)N1C=C2C(C#N)=C(N)C(C#N)(C#N)[C@@H](c3cccnc3)[C@@H]2CC1.